The molecular weight excluding hydrogens is 152 g/mol. The summed E-state index contributed by atoms with van der Waals surface area (Å²) in [6.45, 7) is 0. The van der Waals surface area contributed by atoms with Gasteiger partial charge in [0.25, 0.3) is 0 Å². The summed E-state index contributed by atoms with van der Waals surface area (Å²) in [5.74, 6) is 0. The van der Waals surface area contributed by atoms with Gasteiger partial charge in [-0.05, 0) is 12.1 Å². The molecule has 1 aromatic carbocycles. The summed E-state index contributed by atoms with van der Waals surface area (Å²) in [5, 5.41) is 6.71. The molecule has 0 unspecified atom stereocenters. The molecule has 0 aliphatic carbocycles. The minimum absolute atomic E-state index is 0.862. The van der Waals surface area contributed by atoms with E-state index in [9.17, 15) is 0 Å². The van der Waals surface area contributed by atoms with Crippen molar-refractivity contribution in [2.45, 2.75) is 0 Å². The number of nitrogens with one attached hydrogen (secondary N) is 1. The molecule has 0 amide bonds. The Morgan fingerprint density at radius 2 is 1.92 bits per heavy atom. The fourth-order valence-corrected chi connectivity index (χ4v) is 0.955. The van der Waals surface area contributed by atoms with Crippen LogP contribution >= 0.6 is 0 Å². The Balaban J connectivity index is 2.15. The zero-order valence-corrected chi connectivity index (χ0v) is 6.40. The molecule has 12 heavy (non-hydrogen) atoms. The van der Waals surface area contributed by atoms with Gasteiger partial charge in [-0.3, -0.25) is 0 Å². The molecule has 3 heteroatoms. The largest absolute Gasteiger partial charge is 0.363 e. The fraction of sp³-hybridized carbons (Fsp3) is 0. The van der Waals surface area contributed by atoms with Crippen LogP contribution in [0.3, 0.4) is 0 Å². The van der Waals surface area contributed by atoms with E-state index in [1.807, 2.05) is 30.3 Å². The highest BCUT2D eigenvalue weighted by molar-refractivity contribution is 5.56. The summed E-state index contributed by atoms with van der Waals surface area (Å²) < 4.78 is 4.67. The molecule has 0 saturated heterocycles. The maximum atomic E-state index is 4.67. The molecule has 2 aromatic rings. The van der Waals surface area contributed by atoms with Gasteiger partial charge in [0.1, 0.15) is 6.26 Å². The van der Waals surface area contributed by atoms with Crippen molar-refractivity contribution in [3.8, 4) is 0 Å². The predicted octanol–water partition coefficient (Wildman–Crippen LogP) is 2.42. The van der Waals surface area contributed by atoms with Crippen LogP contribution in [-0.2, 0) is 0 Å². The molecule has 0 aliphatic rings. The minimum Gasteiger partial charge on any atom is -0.363 e. The lowest BCUT2D eigenvalue weighted by Crippen LogP contribution is -1.85. The average Bonchev–Trinajstić information content (AvgIpc) is 2.59. The molecule has 2 rings (SSSR count). The first kappa shape index (κ1) is 6.91. The quantitative estimate of drug-likeness (QED) is 0.733. The normalized spacial score (nSPS) is 9.67. The van der Waals surface area contributed by atoms with E-state index >= 15 is 0 Å². The van der Waals surface area contributed by atoms with Crippen molar-refractivity contribution in [2.24, 2.45) is 0 Å². The van der Waals surface area contributed by atoms with Crippen molar-refractivity contribution in [2.75, 3.05) is 5.32 Å². The van der Waals surface area contributed by atoms with E-state index in [0.29, 0.717) is 0 Å². The number of aromatic nitrogens is 1. The number of rotatable bonds is 2. The Morgan fingerprint density at radius 3 is 2.58 bits per heavy atom. The molecule has 0 aliphatic heterocycles. The molecule has 1 aromatic heterocycles. The number of hydrogen-bond donors (Lipinski definition) is 1. The molecule has 0 fully saturated rings. The van der Waals surface area contributed by atoms with Crippen LogP contribution in [0.15, 0.2) is 47.3 Å². The summed E-state index contributed by atoms with van der Waals surface area (Å²) in [6, 6.07) is 9.87. The zero-order chi connectivity index (χ0) is 8.23. The Morgan fingerprint density at radius 1 is 1.08 bits per heavy atom. The Labute approximate surface area is 70.0 Å². The van der Waals surface area contributed by atoms with E-state index in [1.165, 1.54) is 0 Å². The maximum absolute atomic E-state index is 4.67. The number of nitrogens with zero attached hydrogens (tertiary/aromatic N) is 1. The minimum atomic E-state index is 0.862. The lowest BCUT2D eigenvalue weighted by molar-refractivity contribution is 0.420. The average molecular weight is 160 g/mol. The van der Waals surface area contributed by atoms with Crippen LogP contribution in [0.25, 0.3) is 0 Å². The first-order chi connectivity index (χ1) is 5.95. The first-order valence-corrected chi connectivity index (χ1v) is 3.66. The SMILES string of the molecule is c1ccc(Nc2cnoc2)cc1. The molecule has 0 radical (unpaired) electrons. The predicted molar refractivity (Wildman–Crippen MR) is 46.2 cm³/mol. The summed E-state index contributed by atoms with van der Waals surface area (Å²) >= 11 is 0. The molecule has 0 spiro atoms. The van der Waals surface area contributed by atoms with Gasteiger partial charge >= 0.3 is 0 Å². The van der Waals surface area contributed by atoms with Crippen molar-refractivity contribution in [1.82, 2.24) is 5.16 Å². The number of benzene rings is 1. The monoisotopic (exact) mass is 160 g/mol. The van der Waals surface area contributed by atoms with Crippen molar-refractivity contribution in [1.29, 1.82) is 0 Å². The van der Waals surface area contributed by atoms with Crippen molar-refractivity contribution in [3.63, 3.8) is 0 Å². The Hall–Kier alpha value is -1.77. The zero-order valence-electron chi connectivity index (χ0n) is 6.40. The van der Waals surface area contributed by atoms with Crippen molar-refractivity contribution < 1.29 is 4.52 Å². The van der Waals surface area contributed by atoms with Crippen LogP contribution in [0.4, 0.5) is 11.4 Å². The molecule has 0 saturated carbocycles. The number of anilines is 2. The first-order valence-electron chi connectivity index (χ1n) is 3.66. The lowest BCUT2D eigenvalue weighted by Gasteiger charge is -1.99. The van der Waals surface area contributed by atoms with Crippen LogP contribution in [-0.4, -0.2) is 5.16 Å². The summed E-state index contributed by atoms with van der Waals surface area (Å²) in [6.07, 6.45) is 3.19. The van der Waals surface area contributed by atoms with Gasteiger partial charge in [-0.25, -0.2) is 0 Å². The van der Waals surface area contributed by atoms with Crippen LogP contribution < -0.4 is 5.32 Å². The fourth-order valence-electron chi connectivity index (χ4n) is 0.955. The van der Waals surface area contributed by atoms with Crippen LogP contribution in [0.5, 0.6) is 0 Å². The topological polar surface area (TPSA) is 38.1 Å². The molecular formula is C9H8N2O. The van der Waals surface area contributed by atoms with Gasteiger partial charge in [0.05, 0.1) is 11.9 Å². The molecule has 3 nitrogen and oxygen atoms in total. The van der Waals surface area contributed by atoms with Gasteiger partial charge in [0, 0.05) is 5.69 Å². The van der Waals surface area contributed by atoms with Gasteiger partial charge in [0.15, 0.2) is 0 Å². The second-order valence-corrected chi connectivity index (χ2v) is 2.40. The number of para-hydroxylation sites is 1. The molecule has 0 atom stereocenters. The smallest absolute Gasteiger partial charge is 0.147 e. The van der Waals surface area contributed by atoms with Crippen LogP contribution in [0, 0.1) is 0 Å². The van der Waals surface area contributed by atoms with E-state index in [1.54, 1.807) is 12.5 Å². The Kier molecular flexibility index (Phi) is 1.78. The Bertz CT molecular complexity index is 329. The summed E-state index contributed by atoms with van der Waals surface area (Å²) in [4.78, 5) is 0. The molecule has 1 heterocycles. The van der Waals surface area contributed by atoms with E-state index in [4.69, 9.17) is 0 Å². The molecule has 1 N–H and O–H groups in total. The van der Waals surface area contributed by atoms with Gasteiger partial charge in [-0.1, -0.05) is 23.4 Å². The molecule has 60 valence electrons. The van der Waals surface area contributed by atoms with E-state index in [2.05, 4.69) is 15.0 Å². The number of hydrogen-bond acceptors (Lipinski definition) is 3. The van der Waals surface area contributed by atoms with Gasteiger partial charge < -0.3 is 9.84 Å². The van der Waals surface area contributed by atoms with Crippen molar-refractivity contribution in [3.05, 3.63) is 42.8 Å². The van der Waals surface area contributed by atoms with Gasteiger partial charge in [-0.2, -0.15) is 0 Å². The van der Waals surface area contributed by atoms with E-state index in [-0.39, 0.29) is 0 Å². The highest BCUT2D eigenvalue weighted by atomic mass is 16.5. The molecule has 0 bridgehead atoms. The van der Waals surface area contributed by atoms with Gasteiger partial charge in [-0.15, -0.1) is 0 Å². The van der Waals surface area contributed by atoms with Crippen molar-refractivity contribution >= 4 is 11.4 Å². The highest BCUT2D eigenvalue weighted by Crippen LogP contribution is 2.13. The standard InChI is InChI=1S/C9H8N2O/c1-2-4-8(5-3-1)11-9-6-10-12-7-9/h1-7,11H. The third-order valence-corrected chi connectivity index (χ3v) is 1.49. The van der Waals surface area contributed by atoms with E-state index in [0.717, 1.165) is 11.4 Å². The third-order valence-electron chi connectivity index (χ3n) is 1.49. The maximum Gasteiger partial charge on any atom is 0.147 e. The summed E-state index contributed by atoms with van der Waals surface area (Å²) in [7, 11) is 0. The second-order valence-electron chi connectivity index (χ2n) is 2.40. The third kappa shape index (κ3) is 1.45. The highest BCUT2D eigenvalue weighted by Gasteiger charge is 1.93. The summed E-state index contributed by atoms with van der Waals surface area (Å²) in [5.41, 5.74) is 1.89. The van der Waals surface area contributed by atoms with E-state index < -0.39 is 0 Å². The van der Waals surface area contributed by atoms with Crippen LogP contribution in [0.2, 0.25) is 0 Å². The second kappa shape index (κ2) is 3.09. The van der Waals surface area contributed by atoms with Gasteiger partial charge in [0.2, 0.25) is 0 Å². The lowest BCUT2D eigenvalue weighted by atomic mass is 10.3. The van der Waals surface area contributed by atoms with Crippen LogP contribution in [0.1, 0.15) is 0 Å².